The highest BCUT2D eigenvalue weighted by Crippen LogP contribution is 2.40. The van der Waals surface area contributed by atoms with Crippen molar-refractivity contribution in [3.8, 4) is 44.8 Å². The van der Waals surface area contributed by atoms with Crippen molar-refractivity contribution in [1.82, 2.24) is 14.1 Å². The topological polar surface area (TPSA) is 22.8 Å². The first-order chi connectivity index (χ1) is 28.2. The fourth-order valence-corrected chi connectivity index (χ4v) is 9.99. The van der Waals surface area contributed by atoms with Gasteiger partial charge in [0.1, 0.15) is 5.65 Å². The fraction of sp³-hybridized carbons (Fsp3) is 0. The van der Waals surface area contributed by atoms with Crippen molar-refractivity contribution in [3.63, 3.8) is 0 Å². The quantitative estimate of drug-likeness (QED) is 0.172. The summed E-state index contributed by atoms with van der Waals surface area (Å²) in [5.41, 5.74) is 13.9. The molecule has 0 aliphatic rings. The van der Waals surface area contributed by atoms with Gasteiger partial charge >= 0.3 is 0 Å². The second kappa shape index (κ2) is 12.6. The number of benzene rings is 8. The van der Waals surface area contributed by atoms with E-state index in [9.17, 15) is 0 Å². The van der Waals surface area contributed by atoms with E-state index in [1.54, 1.807) is 0 Å². The zero-order valence-corrected chi connectivity index (χ0v) is 31.6. The molecule has 0 bridgehead atoms. The Hall–Kier alpha value is -7.27. The fourth-order valence-electron chi connectivity index (χ4n) is 8.90. The van der Waals surface area contributed by atoms with Crippen LogP contribution in [0.25, 0.3) is 109 Å². The molecular weight excluding hydrogens is 711 g/mol. The first-order valence-corrected chi connectivity index (χ1v) is 20.2. The van der Waals surface area contributed by atoms with E-state index in [-0.39, 0.29) is 0 Å². The Balaban J connectivity index is 0.972. The molecule has 4 heterocycles. The summed E-state index contributed by atoms with van der Waals surface area (Å²) in [5, 5.41) is 7.47. The molecule has 8 aromatic carbocycles. The molecule has 0 aliphatic heterocycles. The Bertz CT molecular complexity index is 3530. The summed E-state index contributed by atoms with van der Waals surface area (Å²) < 4.78 is 7.37. The van der Waals surface area contributed by atoms with Gasteiger partial charge in [0.15, 0.2) is 0 Å². The summed E-state index contributed by atoms with van der Waals surface area (Å²) in [6, 6.07) is 70.7. The Labute approximate surface area is 333 Å². The van der Waals surface area contributed by atoms with E-state index in [1.807, 2.05) is 23.6 Å². The van der Waals surface area contributed by atoms with Crippen molar-refractivity contribution >= 4 is 75.3 Å². The molecule has 0 unspecified atom stereocenters. The van der Waals surface area contributed by atoms with Crippen molar-refractivity contribution in [2.75, 3.05) is 0 Å². The molecule has 4 aromatic heterocycles. The molecule has 0 N–H and O–H groups in total. The van der Waals surface area contributed by atoms with Gasteiger partial charge in [-0.15, -0.1) is 11.3 Å². The molecule has 57 heavy (non-hydrogen) atoms. The standard InChI is InChI=1S/C53H33N3S/c1-2-11-34(12-3-1)35-13-8-16-41(29-35)56-50-26-23-37(32-46(50)44-19-10-28-54-53(44)56)36-14-9-15-40(30-36)55-48-20-6-4-17-42(48)45-31-38(22-25-49(45)55)39-24-27-52-47(33-39)43-18-5-7-21-51(43)57-52/h1-33H. The molecule has 12 aromatic rings. The Morgan fingerprint density at radius 1 is 0.316 bits per heavy atom. The van der Waals surface area contributed by atoms with E-state index in [1.165, 1.54) is 80.7 Å². The second-order valence-corrected chi connectivity index (χ2v) is 15.9. The third kappa shape index (κ3) is 5.08. The number of thiophene rings is 1. The van der Waals surface area contributed by atoms with E-state index >= 15 is 0 Å². The second-order valence-electron chi connectivity index (χ2n) is 14.8. The van der Waals surface area contributed by atoms with Crippen molar-refractivity contribution < 1.29 is 0 Å². The van der Waals surface area contributed by atoms with Crippen LogP contribution in [0.5, 0.6) is 0 Å². The summed E-state index contributed by atoms with van der Waals surface area (Å²) in [7, 11) is 0. The Kier molecular flexibility index (Phi) is 7.10. The zero-order chi connectivity index (χ0) is 37.5. The molecule has 0 aliphatic carbocycles. The lowest BCUT2D eigenvalue weighted by molar-refractivity contribution is 1.14. The van der Waals surface area contributed by atoms with Crippen LogP contribution in [0.3, 0.4) is 0 Å². The van der Waals surface area contributed by atoms with E-state index < -0.39 is 0 Å². The lowest BCUT2D eigenvalue weighted by Gasteiger charge is -2.12. The number of pyridine rings is 1. The molecular formula is C53H33N3S. The average molecular weight is 744 g/mol. The van der Waals surface area contributed by atoms with Gasteiger partial charge in [-0.2, -0.15) is 0 Å². The Morgan fingerprint density at radius 2 is 0.842 bits per heavy atom. The number of aromatic nitrogens is 3. The van der Waals surface area contributed by atoms with Crippen molar-refractivity contribution in [1.29, 1.82) is 0 Å². The molecule has 12 rings (SSSR count). The van der Waals surface area contributed by atoms with Gasteiger partial charge in [0.05, 0.1) is 16.6 Å². The highest BCUT2D eigenvalue weighted by molar-refractivity contribution is 7.25. The molecule has 3 nitrogen and oxygen atoms in total. The van der Waals surface area contributed by atoms with E-state index in [4.69, 9.17) is 4.98 Å². The molecule has 266 valence electrons. The van der Waals surface area contributed by atoms with E-state index in [0.29, 0.717) is 0 Å². The normalized spacial score (nSPS) is 11.9. The minimum Gasteiger partial charge on any atom is -0.309 e. The number of nitrogens with zero attached hydrogens (tertiary/aromatic N) is 3. The minimum absolute atomic E-state index is 0.955. The monoisotopic (exact) mass is 743 g/mol. The van der Waals surface area contributed by atoms with E-state index in [2.05, 4.69) is 197 Å². The van der Waals surface area contributed by atoms with Gasteiger partial charge in [-0.05, 0) is 118 Å². The summed E-state index contributed by atoms with van der Waals surface area (Å²) >= 11 is 1.86. The lowest BCUT2D eigenvalue weighted by Crippen LogP contribution is -1.96. The smallest absolute Gasteiger partial charge is 0.145 e. The van der Waals surface area contributed by atoms with E-state index in [0.717, 1.165) is 27.9 Å². The third-order valence-corrected chi connectivity index (χ3v) is 12.7. The maximum atomic E-state index is 4.91. The summed E-state index contributed by atoms with van der Waals surface area (Å²) in [4.78, 5) is 4.91. The summed E-state index contributed by atoms with van der Waals surface area (Å²) in [6.45, 7) is 0. The Morgan fingerprint density at radius 3 is 1.63 bits per heavy atom. The number of fused-ring (bicyclic) bond motifs is 9. The summed E-state index contributed by atoms with van der Waals surface area (Å²) in [6.07, 6.45) is 1.89. The van der Waals surface area contributed by atoms with Crippen LogP contribution in [-0.4, -0.2) is 14.1 Å². The molecule has 0 saturated heterocycles. The van der Waals surface area contributed by atoms with Gasteiger partial charge in [0.2, 0.25) is 0 Å². The van der Waals surface area contributed by atoms with Crippen LogP contribution in [0.4, 0.5) is 0 Å². The SMILES string of the molecule is c1ccc(-c2cccc(-n3c4ccc(-c5cccc(-n6c7ccccc7c7cc(-c8ccc9sc%10ccccc%10c9c8)ccc76)c5)cc4c4cccnc43)c2)cc1. The van der Waals surface area contributed by atoms with Gasteiger partial charge in [-0.3, -0.25) is 4.57 Å². The average Bonchev–Trinajstić information content (AvgIpc) is 3.94. The van der Waals surface area contributed by atoms with Crippen LogP contribution >= 0.6 is 11.3 Å². The maximum Gasteiger partial charge on any atom is 0.145 e. The first-order valence-electron chi connectivity index (χ1n) is 19.4. The number of rotatable bonds is 5. The zero-order valence-electron chi connectivity index (χ0n) is 30.8. The first kappa shape index (κ1) is 32.0. The minimum atomic E-state index is 0.955. The van der Waals surface area contributed by atoms with Crippen molar-refractivity contribution in [2.24, 2.45) is 0 Å². The van der Waals surface area contributed by atoms with Gasteiger partial charge in [0.25, 0.3) is 0 Å². The largest absolute Gasteiger partial charge is 0.309 e. The van der Waals surface area contributed by atoms with Crippen LogP contribution in [0.2, 0.25) is 0 Å². The number of para-hydroxylation sites is 1. The molecule has 0 radical (unpaired) electrons. The van der Waals surface area contributed by atoms with Gasteiger partial charge in [-0.25, -0.2) is 4.98 Å². The highest BCUT2D eigenvalue weighted by atomic mass is 32.1. The molecule has 0 spiro atoms. The van der Waals surface area contributed by atoms with Gasteiger partial charge in [-0.1, -0.05) is 109 Å². The predicted molar refractivity (Wildman–Crippen MR) is 242 cm³/mol. The summed E-state index contributed by atoms with van der Waals surface area (Å²) in [5.74, 6) is 0. The number of hydrogen-bond acceptors (Lipinski definition) is 2. The third-order valence-electron chi connectivity index (χ3n) is 11.6. The van der Waals surface area contributed by atoms with Gasteiger partial charge < -0.3 is 4.57 Å². The van der Waals surface area contributed by atoms with Crippen LogP contribution in [-0.2, 0) is 0 Å². The van der Waals surface area contributed by atoms with Gasteiger partial charge in [0, 0.05) is 59.3 Å². The van der Waals surface area contributed by atoms with Crippen LogP contribution < -0.4 is 0 Å². The highest BCUT2D eigenvalue weighted by Gasteiger charge is 2.17. The molecule has 0 fully saturated rings. The van der Waals surface area contributed by atoms with Crippen LogP contribution in [0, 0.1) is 0 Å². The molecule has 0 saturated carbocycles. The molecule has 0 amide bonds. The maximum absolute atomic E-state index is 4.91. The van der Waals surface area contributed by atoms with Crippen molar-refractivity contribution in [2.45, 2.75) is 0 Å². The molecule has 0 atom stereocenters. The molecule has 4 heteroatoms. The number of hydrogen-bond donors (Lipinski definition) is 0. The lowest BCUT2D eigenvalue weighted by atomic mass is 10.0. The van der Waals surface area contributed by atoms with Crippen LogP contribution in [0.1, 0.15) is 0 Å². The predicted octanol–water partition coefficient (Wildman–Crippen LogP) is 14.6. The van der Waals surface area contributed by atoms with Crippen molar-refractivity contribution in [3.05, 3.63) is 200 Å². The van der Waals surface area contributed by atoms with Crippen LogP contribution in [0.15, 0.2) is 200 Å².